The van der Waals surface area contributed by atoms with Gasteiger partial charge in [-0.25, -0.2) is 0 Å². The van der Waals surface area contributed by atoms with E-state index in [0.29, 0.717) is 5.76 Å². The Kier molecular flexibility index (Phi) is 3.49. The van der Waals surface area contributed by atoms with Crippen molar-refractivity contribution in [1.82, 2.24) is 10.2 Å². The zero-order valence-corrected chi connectivity index (χ0v) is 13.1. The molecule has 1 amide bonds. The van der Waals surface area contributed by atoms with Crippen LogP contribution >= 0.6 is 0 Å². The minimum absolute atomic E-state index is 0.0106. The summed E-state index contributed by atoms with van der Waals surface area (Å²) in [6, 6.07) is 4.32. The van der Waals surface area contributed by atoms with E-state index in [1.165, 1.54) is 0 Å². The van der Waals surface area contributed by atoms with Crippen molar-refractivity contribution >= 4 is 16.9 Å². The smallest absolute Gasteiger partial charge is 0.290 e. The van der Waals surface area contributed by atoms with Gasteiger partial charge < -0.3 is 14.6 Å². The molecule has 2 aromatic rings. The van der Waals surface area contributed by atoms with Gasteiger partial charge in [0.05, 0.1) is 0 Å². The largest absolute Gasteiger partial charge is 0.450 e. The van der Waals surface area contributed by atoms with Gasteiger partial charge in [-0.2, -0.15) is 0 Å². The Labute approximate surface area is 125 Å². The van der Waals surface area contributed by atoms with Crippen LogP contribution in [0.15, 0.2) is 16.5 Å². The molecule has 1 atom stereocenters. The molecule has 0 spiro atoms. The summed E-state index contributed by atoms with van der Waals surface area (Å²) >= 11 is 0. The van der Waals surface area contributed by atoms with Gasteiger partial charge in [-0.15, -0.1) is 0 Å². The summed E-state index contributed by atoms with van der Waals surface area (Å²) in [5.41, 5.74) is 4.04. The van der Waals surface area contributed by atoms with Crippen molar-refractivity contribution in [2.24, 2.45) is 0 Å². The summed E-state index contributed by atoms with van der Waals surface area (Å²) in [6.45, 7) is 10.5. The SMILES string of the molecule is Cc1ccc(C)c2c(C)c(C(=O)N3CCNC[C@H]3C)oc12. The standard InChI is InChI=1S/C17H22N2O2/c1-10-5-6-11(2)15-14(10)13(4)16(21-15)17(20)19-8-7-18-9-12(19)3/h5-6,12,18H,7-9H2,1-4H3/t12-/m1/s1. The van der Waals surface area contributed by atoms with Crippen molar-refractivity contribution in [2.45, 2.75) is 33.7 Å². The number of furan rings is 1. The van der Waals surface area contributed by atoms with Crippen molar-refractivity contribution < 1.29 is 9.21 Å². The van der Waals surface area contributed by atoms with Crippen molar-refractivity contribution in [1.29, 1.82) is 0 Å². The van der Waals surface area contributed by atoms with Crippen molar-refractivity contribution in [3.8, 4) is 0 Å². The average molecular weight is 286 g/mol. The Bertz CT molecular complexity index is 702. The Balaban J connectivity index is 2.08. The summed E-state index contributed by atoms with van der Waals surface area (Å²) < 4.78 is 5.96. The fraction of sp³-hybridized carbons (Fsp3) is 0.471. The number of carbonyl (C=O) groups is 1. The Morgan fingerprint density at radius 1 is 1.29 bits per heavy atom. The van der Waals surface area contributed by atoms with E-state index in [0.717, 1.165) is 47.3 Å². The molecule has 1 aliphatic heterocycles. The zero-order chi connectivity index (χ0) is 15.1. The number of rotatable bonds is 1. The quantitative estimate of drug-likeness (QED) is 0.877. The average Bonchev–Trinajstić information content (AvgIpc) is 2.82. The lowest BCUT2D eigenvalue weighted by Crippen LogP contribution is -2.52. The molecule has 0 unspecified atom stereocenters. The number of benzene rings is 1. The highest BCUT2D eigenvalue weighted by atomic mass is 16.3. The lowest BCUT2D eigenvalue weighted by Gasteiger charge is -2.33. The van der Waals surface area contributed by atoms with Gasteiger partial charge >= 0.3 is 0 Å². The van der Waals surface area contributed by atoms with Gasteiger partial charge in [-0.05, 0) is 38.8 Å². The summed E-state index contributed by atoms with van der Waals surface area (Å²) in [5.74, 6) is 0.507. The molecule has 4 heteroatoms. The van der Waals surface area contributed by atoms with Crippen molar-refractivity contribution in [3.63, 3.8) is 0 Å². The Morgan fingerprint density at radius 2 is 2.00 bits per heavy atom. The minimum Gasteiger partial charge on any atom is -0.450 e. The normalized spacial score (nSPS) is 19.2. The van der Waals surface area contributed by atoms with Crippen LogP contribution in [0, 0.1) is 20.8 Å². The third-order valence-corrected chi connectivity index (χ3v) is 4.44. The van der Waals surface area contributed by atoms with E-state index in [2.05, 4.69) is 25.2 Å². The first kappa shape index (κ1) is 14.1. The first-order valence-corrected chi connectivity index (χ1v) is 7.51. The molecule has 0 radical (unpaired) electrons. The van der Waals surface area contributed by atoms with E-state index in [1.807, 2.05) is 24.8 Å². The van der Waals surface area contributed by atoms with Crippen molar-refractivity contribution in [3.05, 3.63) is 34.6 Å². The topological polar surface area (TPSA) is 45.5 Å². The molecule has 3 rings (SSSR count). The van der Waals surface area contributed by atoms with Gasteiger partial charge in [0.15, 0.2) is 5.76 Å². The fourth-order valence-corrected chi connectivity index (χ4v) is 3.15. The van der Waals surface area contributed by atoms with Crippen LogP contribution in [0.5, 0.6) is 0 Å². The van der Waals surface area contributed by atoms with Crippen LogP contribution in [0.1, 0.15) is 34.2 Å². The van der Waals surface area contributed by atoms with Crippen LogP contribution in [-0.2, 0) is 0 Å². The summed E-state index contributed by atoms with van der Waals surface area (Å²) in [4.78, 5) is 14.7. The molecule has 0 saturated carbocycles. The van der Waals surface area contributed by atoms with Crippen LogP contribution < -0.4 is 5.32 Å². The van der Waals surface area contributed by atoms with E-state index in [4.69, 9.17) is 4.42 Å². The molecule has 1 saturated heterocycles. The van der Waals surface area contributed by atoms with Gasteiger partial charge in [-0.1, -0.05) is 12.1 Å². The number of nitrogens with zero attached hydrogens (tertiary/aromatic N) is 1. The van der Waals surface area contributed by atoms with Crippen LogP contribution in [0.25, 0.3) is 11.0 Å². The molecule has 4 nitrogen and oxygen atoms in total. The minimum atomic E-state index is 0.0106. The van der Waals surface area contributed by atoms with E-state index >= 15 is 0 Å². The molecule has 0 aliphatic carbocycles. The second-order valence-corrected chi connectivity index (χ2v) is 6.01. The van der Waals surface area contributed by atoms with Crippen molar-refractivity contribution in [2.75, 3.05) is 19.6 Å². The number of aryl methyl sites for hydroxylation is 3. The van der Waals surface area contributed by atoms with Gasteiger partial charge in [0.25, 0.3) is 5.91 Å². The van der Waals surface area contributed by atoms with E-state index in [9.17, 15) is 4.79 Å². The fourth-order valence-electron chi connectivity index (χ4n) is 3.15. The van der Waals surface area contributed by atoms with Crippen LogP contribution in [-0.4, -0.2) is 36.5 Å². The number of nitrogens with one attached hydrogen (secondary N) is 1. The molecule has 1 aromatic heterocycles. The first-order valence-electron chi connectivity index (χ1n) is 7.51. The number of hydrogen-bond donors (Lipinski definition) is 1. The van der Waals surface area contributed by atoms with Crippen LogP contribution in [0.2, 0.25) is 0 Å². The van der Waals surface area contributed by atoms with Gasteiger partial charge in [-0.3, -0.25) is 4.79 Å². The highest BCUT2D eigenvalue weighted by Gasteiger charge is 2.29. The molecule has 1 N–H and O–H groups in total. The number of carbonyl (C=O) groups excluding carboxylic acids is 1. The second kappa shape index (κ2) is 5.19. The molecule has 1 aliphatic rings. The summed E-state index contributed by atoms with van der Waals surface area (Å²) in [5, 5.41) is 4.39. The number of hydrogen-bond acceptors (Lipinski definition) is 3. The molecule has 1 aromatic carbocycles. The van der Waals surface area contributed by atoms with E-state index in [-0.39, 0.29) is 11.9 Å². The first-order chi connectivity index (χ1) is 10.0. The Hall–Kier alpha value is -1.81. The lowest BCUT2D eigenvalue weighted by atomic mass is 10.0. The third kappa shape index (κ3) is 2.23. The summed E-state index contributed by atoms with van der Waals surface area (Å²) in [7, 11) is 0. The number of amides is 1. The monoisotopic (exact) mass is 286 g/mol. The maximum absolute atomic E-state index is 12.8. The predicted octanol–water partition coefficient (Wildman–Crippen LogP) is 2.79. The van der Waals surface area contributed by atoms with Gasteiger partial charge in [0.2, 0.25) is 0 Å². The van der Waals surface area contributed by atoms with E-state index < -0.39 is 0 Å². The molecular weight excluding hydrogens is 264 g/mol. The molecule has 112 valence electrons. The zero-order valence-electron chi connectivity index (χ0n) is 13.1. The lowest BCUT2D eigenvalue weighted by molar-refractivity contribution is 0.0624. The third-order valence-electron chi connectivity index (χ3n) is 4.44. The molecule has 2 heterocycles. The molecule has 1 fully saturated rings. The van der Waals surface area contributed by atoms with Gasteiger partial charge in [0, 0.05) is 36.6 Å². The Morgan fingerprint density at radius 3 is 2.67 bits per heavy atom. The second-order valence-electron chi connectivity index (χ2n) is 6.01. The van der Waals surface area contributed by atoms with Gasteiger partial charge in [0.1, 0.15) is 5.58 Å². The number of piperazine rings is 1. The van der Waals surface area contributed by atoms with Crippen LogP contribution in [0.4, 0.5) is 0 Å². The highest BCUT2D eigenvalue weighted by molar-refractivity contribution is 6.00. The molecule has 21 heavy (non-hydrogen) atoms. The predicted molar refractivity (Wildman–Crippen MR) is 83.8 cm³/mol. The number of fused-ring (bicyclic) bond motifs is 1. The van der Waals surface area contributed by atoms with Crippen LogP contribution in [0.3, 0.4) is 0 Å². The molecule has 0 bridgehead atoms. The summed E-state index contributed by atoms with van der Waals surface area (Å²) in [6.07, 6.45) is 0. The van der Waals surface area contributed by atoms with E-state index in [1.54, 1.807) is 0 Å². The maximum atomic E-state index is 12.8. The maximum Gasteiger partial charge on any atom is 0.290 e. The molecular formula is C17H22N2O2. The highest BCUT2D eigenvalue weighted by Crippen LogP contribution is 2.31.